The summed E-state index contributed by atoms with van der Waals surface area (Å²) in [7, 11) is 0. The topological polar surface area (TPSA) is 82.1 Å². The molecule has 1 aliphatic rings. The lowest BCUT2D eigenvalue weighted by atomic mass is 10.3. The Morgan fingerprint density at radius 1 is 1.41 bits per heavy atom. The predicted molar refractivity (Wildman–Crippen MR) is 58.8 cm³/mol. The van der Waals surface area contributed by atoms with Gasteiger partial charge in [0, 0.05) is 0 Å². The molecular formula is C11H12NO5-. The van der Waals surface area contributed by atoms with Crippen LogP contribution in [0.25, 0.3) is 0 Å². The summed E-state index contributed by atoms with van der Waals surface area (Å²) in [5.41, 5.74) is 0.0590. The molecule has 0 atom stereocenters. The maximum Gasteiger partial charge on any atom is 0.513 e. The van der Waals surface area contributed by atoms with Crippen molar-refractivity contribution in [1.82, 2.24) is 0 Å². The van der Waals surface area contributed by atoms with Crippen LogP contribution in [-0.4, -0.2) is 18.0 Å². The van der Waals surface area contributed by atoms with Gasteiger partial charge in [0.1, 0.15) is 5.75 Å². The van der Waals surface area contributed by atoms with E-state index in [2.05, 4.69) is 0 Å². The van der Waals surface area contributed by atoms with Crippen molar-refractivity contribution >= 4 is 11.8 Å². The molecule has 0 aromatic heterocycles. The summed E-state index contributed by atoms with van der Waals surface area (Å²) in [4.78, 5) is 11.2. The molecule has 92 valence electrons. The first-order chi connectivity index (χ1) is 8.15. The number of carbonyl (C=O) groups excluding carboxylic acids is 1. The molecule has 17 heavy (non-hydrogen) atoms. The SMILES string of the molecule is O=C(OCC1CC1)Oc1ccc(N([O-])O)cc1. The summed E-state index contributed by atoms with van der Waals surface area (Å²) >= 11 is 0. The van der Waals surface area contributed by atoms with E-state index in [0.29, 0.717) is 12.5 Å². The zero-order valence-corrected chi connectivity index (χ0v) is 9.04. The lowest BCUT2D eigenvalue weighted by Gasteiger charge is -2.21. The summed E-state index contributed by atoms with van der Waals surface area (Å²) in [6, 6.07) is 5.46. The Morgan fingerprint density at radius 2 is 2.06 bits per heavy atom. The largest absolute Gasteiger partial charge is 0.733 e. The second-order valence-corrected chi connectivity index (χ2v) is 3.87. The first kappa shape index (κ1) is 11.7. The van der Waals surface area contributed by atoms with Crippen molar-refractivity contribution in [3.63, 3.8) is 0 Å². The van der Waals surface area contributed by atoms with Gasteiger partial charge in [0.15, 0.2) is 0 Å². The molecule has 2 rings (SSSR count). The van der Waals surface area contributed by atoms with Gasteiger partial charge >= 0.3 is 6.16 Å². The van der Waals surface area contributed by atoms with Gasteiger partial charge in [0.2, 0.25) is 0 Å². The molecule has 1 aromatic carbocycles. The molecule has 0 radical (unpaired) electrons. The van der Waals surface area contributed by atoms with E-state index in [4.69, 9.17) is 14.7 Å². The number of rotatable bonds is 4. The van der Waals surface area contributed by atoms with Crippen molar-refractivity contribution in [2.45, 2.75) is 12.8 Å². The number of nitrogens with zero attached hydrogens (tertiary/aromatic N) is 1. The van der Waals surface area contributed by atoms with Gasteiger partial charge in [0.25, 0.3) is 0 Å². The molecule has 6 heteroatoms. The van der Waals surface area contributed by atoms with Crippen LogP contribution in [0.5, 0.6) is 5.75 Å². The maximum absolute atomic E-state index is 11.2. The molecule has 0 amide bonds. The van der Waals surface area contributed by atoms with E-state index in [1.54, 1.807) is 0 Å². The van der Waals surface area contributed by atoms with Crippen LogP contribution < -0.4 is 9.96 Å². The third-order valence-corrected chi connectivity index (χ3v) is 2.39. The van der Waals surface area contributed by atoms with Gasteiger partial charge < -0.3 is 19.9 Å². The van der Waals surface area contributed by atoms with Gasteiger partial charge in [0.05, 0.1) is 12.3 Å². The molecular weight excluding hydrogens is 226 g/mol. The number of ether oxygens (including phenoxy) is 2. The van der Waals surface area contributed by atoms with Gasteiger partial charge in [-0.25, -0.2) is 4.79 Å². The van der Waals surface area contributed by atoms with Crippen LogP contribution in [0.3, 0.4) is 0 Å². The van der Waals surface area contributed by atoms with E-state index in [0.717, 1.165) is 12.8 Å². The first-order valence-corrected chi connectivity index (χ1v) is 5.26. The van der Waals surface area contributed by atoms with Crippen molar-refractivity contribution in [3.05, 3.63) is 29.5 Å². The molecule has 1 N–H and O–H groups in total. The average Bonchev–Trinajstić information content (AvgIpc) is 3.11. The molecule has 0 bridgehead atoms. The smallest absolute Gasteiger partial charge is 0.513 e. The van der Waals surface area contributed by atoms with Crippen LogP contribution in [0.2, 0.25) is 0 Å². The van der Waals surface area contributed by atoms with E-state index in [-0.39, 0.29) is 16.7 Å². The summed E-state index contributed by atoms with van der Waals surface area (Å²) < 4.78 is 9.73. The summed E-state index contributed by atoms with van der Waals surface area (Å²) in [5.74, 6) is 0.740. The molecule has 0 saturated heterocycles. The van der Waals surface area contributed by atoms with Crippen LogP contribution >= 0.6 is 0 Å². The van der Waals surface area contributed by atoms with Crippen LogP contribution in [-0.2, 0) is 4.74 Å². The first-order valence-electron chi connectivity index (χ1n) is 5.26. The fourth-order valence-electron chi connectivity index (χ4n) is 1.24. The highest BCUT2D eigenvalue weighted by Gasteiger charge is 2.23. The number of carbonyl (C=O) groups is 1. The Bertz CT molecular complexity index is 385. The standard InChI is InChI=1S/C11H12NO5/c13-11(16-7-8-1-2-8)17-10-5-3-9(4-6-10)12(14)15/h3-6,8,14H,1-2,7H2/q-1. The normalized spacial score (nSPS) is 14.2. The molecule has 0 heterocycles. The number of benzene rings is 1. The van der Waals surface area contributed by atoms with Crippen molar-refractivity contribution in [2.24, 2.45) is 5.92 Å². The molecule has 0 aliphatic heterocycles. The number of hydrogen-bond donors (Lipinski definition) is 1. The van der Waals surface area contributed by atoms with E-state index in [1.807, 2.05) is 0 Å². The van der Waals surface area contributed by atoms with E-state index < -0.39 is 6.16 Å². The van der Waals surface area contributed by atoms with E-state index in [1.165, 1.54) is 24.3 Å². The molecule has 1 aromatic rings. The van der Waals surface area contributed by atoms with E-state index in [9.17, 15) is 10.0 Å². The molecule has 6 nitrogen and oxygen atoms in total. The lowest BCUT2D eigenvalue weighted by molar-refractivity contribution is 0.0949. The fourth-order valence-corrected chi connectivity index (χ4v) is 1.24. The Kier molecular flexibility index (Phi) is 3.46. The minimum Gasteiger partial charge on any atom is -0.733 e. The van der Waals surface area contributed by atoms with Gasteiger partial charge in [-0.1, -0.05) is 0 Å². The van der Waals surface area contributed by atoms with Gasteiger partial charge in [-0.3, -0.25) is 5.21 Å². The Morgan fingerprint density at radius 3 is 2.59 bits per heavy atom. The van der Waals surface area contributed by atoms with Gasteiger partial charge in [-0.2, -0.15) is 0 Å². The van der Waals surface area contributed by atoms with Crippen LogP contribution in [0.15, 0.2) is 24.3 Å². The minimum absolute atomic E-state index is 0.0590. The van der Waals surface area contributed by atoms with Gasteiger partial charge in [-0.15, -0.1) is 0 Å². The van der Waals surface area contributed by atoms with Crippen LogP contribution in [0, 0.1) is 11.1 Å². The molecule has 0 unspecified atom stereocenters. The van der Waals surface area contributed by atoms with Crippen molar-refractivity contribution in [3.8, 4) is 5.75 Å². The Hall–Kier alpha value is -1.79. The van der Waals surface area contributed by atoms with Crippen molar-refractivity contribution in [1.29, 1.82) is 0 Å². The van der Waals surface area contributed by atoms with E-state index >= 15 is 0 Å². The third-order valence-electron chi connectivity index (χ3n) is 2.39. The monoisotopic (exact) mass is 238 g/mol. The summed E-state index contributed by atoms with van der Waals surface area (Å²) in [6.07, 6.45) is 1.43. The minimum atomic E-state index is -0.757. The predicted octanol–water partition coefficient (Wildman–Crippen LogP) is 2.31. The van der Waals surface area contributed by atoms with Crippen LogP contribution in [0.4, 0.5) is 10.5 Å². The maximum atomic E-state index is 11.2. The molecule has 0 spiro atoms. The zero-order valence-electron chi connectivity index (χ0n) is 9.04. The lowest BCUT2D eigenvalue weighted by Crippen LogP contribution is -2.12. The molecule has 1 fully saturated rings. The summed E-state index contributed by atoms with van der Waals surface area (Å²) in [5, 5.41) is 18.8. The Balaban J connectivity index is 1.82. The van der Waals surface area contributed by atoms with Gasteiger partial charge in [-0.05, 0) is 43.0 Å². The zero-order chi connectivity index (χ0) is 12.3. The average molecular weight is 238 g/mol. The second-order valence-electron chi connectivity index (χ2n) is 3.87. The Labute approximate surface area is 97.9 Å². The van der Waals surface area contributed by atoms with Crippen LogP contribution in [0.1, 0.15) is 12.8 Å². The second kappa shape index (κ2) is 5.03. The fraction of sp³-hybridized carbons (Fsp3) is 0.364. The number of anilines is 1. The third kappa shape index (κ3) is 3.61. The highest BCUT2D eigenvalue weighted by Crippen LogP contribution is 2.29. The highest BCUT2D eigenvalue weighted by molar-refractivity contribution is 5.64. The molecule has 1 saturated carbocycles. The molecule has 1 aliphatic carbocycles. The summed E-state index contributed by atoms with van der Waals surface area (Å²) in [6.45, 7) is 0.391. The van der Waals surface area contributed by atoms with Crippen molar-refractivity contribution < 1.29 is 19.5 Å². The van der Waals surface area contributed by atoms with Crippen molar-refractivity contribution in [2.75, 3.05) is 11.8 Å². The highest BCUT2D eigenvalue weighted by atomic mass is 16.8. The quantitative estimate of drug-likeness (QED) is 0.492. The number of hydrogen-bond acceptors (Lipinski definition) is 6.